The second-order valence-electron chi connectivity index (χ2n) is 7.57. The highest BCUT2D eigenvalue weighted by Crippen LogP contribution is 2.44. The number of aliphatic hydroxyl groups is 2. The number of fused-ring (bicyclic) bond motifs is 3. The Bertz CT molecular complexity index is 1070. The molecule has 0 radical (unpaired) electrons. The van der Waals surface area contributed by atoms with Crippen LogP contribution < -0.4 is 10.1 Å². The van der Waals surface area contributed by atoms with Gasteiger partial charge in [0.15, 0.2) is 0 Å². The largest absolute Gasteiger partial charge is 0.496 e. The number of nitrogens with one attached hydrogen (secondary N) is 1. The average molecular weight is 437 g/mol. The van der Waals surface area contributed by atoms with Crippen molar-refractivity contribution in [2.75, 3.05) is 20.3 Å². The first-order valence-corrected chi connectivity index (χ1v) is 10.3. The topological polar surface area (TPSA) is 88.0 Å². The summed E-state index contributed by atoms with van der Waals surface area (Å²) in [6.45, 7) is -0.199. The van der Waals surface area contributed by atoms with Crippen LogP contribution in [0.25, 0.3) is 11.1 Å². The average Bonchev–Trinajstić information content (AvgIpc) is 3.14. The summed E-state index contributed by atoms with van der Waals surface area (Å²) in [4.78, 5) is 12.3. The van der Waals surface area contributed by atoms with E-state index in [9.17, 15) is 19.4 Å². The quantitative estimate of drug-likeness (QED) is 0.524. The van der Waals surface area contributed by atoms with Gasteiger partial charge in [0, 0.05) is 12.5 Å². The minimum Gasteiger partial charge on any atom is -0.496 e. The summed E-state index contributed by atoms with van der Waals surface area (Å²) in [5.41, 5.74) is 4.24. The monoisotopic (exact) mass is 437 g/mol. The summed E-state index contributed by atoms with van der Waals surface area (Å²) < 4.78 is 24.6. The second-order valence-corrected chi connectivity index (χ2v) is 7.57. The van der Waals surface area contributed by atoms with Crippen LogP contribution in [0.4, 0.5) is 9.18 Å². The number of rotatable bonds is 7. The molecule has 0 spiro atoms. The van der Waals surface area contributed by atoms with E-state index in [1.165, 1.54) is 19.2 Å². The lowest BCUT2D eigenvalue weighted by Crippen LogP contribution is -2.36. The van der Waals surface area contributed by atoms with Gasteiger partial charge in [-0.15, -0.1) is 0 Å². The van der Waals surface area contributed by atoms with E-state index in [0.29, 0.717) is 0 Å². The van der Waals surface area contributed by atoms with Crippen LogP contribution in [0.2, 0.25) is 0 Å². The summed E-state index contributed by atoms with van der Waals surface area (Å²) in [6.07, 6.45) is -3.78. The van der Waals surface area contributed by atoms with Gasteiger partial charge in [-0.2, -0.15) is 0 Å². The van der Waals surface area contributed by atoms with Crippen LogP contribution in [0.3, 0.4) is 0 Å². The van der Waals surface area contributed by atoms with Crippen LogP contribution >= 0.6 is 0 Å². The van der Waals surface area contributed by atoms with Crippen LogP contribution in [-0.4, -0.2) is 42.7 Å². The van der Waals surface area contributed by atoms with Crippen LogP contribution in [0.1, 0.15) is 28.7 Å². The predicted octanol–water partition coefficient (Wildman–Crippen LogP) is 3.77. The highest BCUT2D eigenvalue weighted by atomic mass is 19.1. The van der Waals surface area contributed by atoms with Crippen molar-refractivity contribution >= 4 is 6.09 Å². The van der Waals surface area contributed by atoms with Crippen molar-refractivity contribution in [1.29, 1.82) is 0 Å². The minimum absolute atomic E-state index is 0.0914. The Morgan fingerprint density at radius 3 is 2.25 bits per heavy atom. The summed E-state index contributed by atoms with van der Waals surface area (Å²) >= 11 is 0. The summed E-state index contributed by atoms with van der Waals surface area (Å²) in [6, 6.07) is 20.1. The van der Waals surface area contributed by atoms with Gasteiger partial charge in [-0.25, -0.2) is 9.18 Å². The van der Waals surface area contributed by atoms with E-state index in [1.807, 2.05) is 48.5 Å². The van der Waals surface area contributed by atoms with E-state index in [0.717, 1.165) is 28.3 Å². The van der Waals surface area contributed by atoms with Crippen LogP contribution in [0.5, 0.6) is 5.75 Å². The zero-order valence-electron chi connectivity index (χ0n) is 17.5. The molecule has 1 aliphatic carbocycles. The van der Waals surface area contributed by atoms with Gasteiger partial charge in [0.25, 0.3) is 0 Å². The van der Waals surface area contributed by atoms with E-state index in [1.54, 1.807) is 0 Å². The number of alkyl carbamates (subject to hydrolysis) is 1. The van der Waals surface area contributed by atoms with Gasteiger partial charge < -0.3 is 25.0 Å². The fraction of sp³-hybridized carbons (Fsp3) is 0.240. The Balaban J connectivity index is 1.36. The van der Waals surface area contributed by atoms with Crippen molar-refractivity contribution in [3.05, 3.63) is 89.2 Å². The van der Waals surface area contributed by atoms with Gasteiger partial charge >= 0.3 is 6.09 Å². The maximum Gasteiger partial charge on any atom is 0.407 e. The molecular weight excluding hydrogens is 413 g/mol. The van der Waals surface area contributed by atoms with E-state index in [4.69, 9.17) is 9.47 Å². The summed E-state index contributed by atoms with van der Waals surface area (Å²) in [7, 11) is 1.34. The summed E-state index contributed by atoms with van der Waals surface area (Å²) in [5, 5.41) is 23.0. The first-order valence-electron chi connectivity index (χ1n) is 10.3. The highest BCUT2D eigenvalue weighted by molar-refractivity contribution is 5.79. The van der Waals surface area contributed by atoms with Gasteiger partial charge in [0.05, 0.1) is 12.7 Å². The summed E-state index contributed by atoms with van der Waals surface area (Å²) in [5.74, 6) is -0.693. The van der Waals surface area contributed by atoms with Gasteiger partial charge in [-0.3, -0.25) is 0 Å². The fourth-order valence-corrected chi connectivity index (χ4v) is 4.12. The van der Waals surface area contributed by atoms with Crippen molar-refractivity contribution in [3.8, 4) is 16.9 Å². The fourth-order valence-electron chi connectivity index (χ4n) is 4.12. The molecule has 0 bridgehead atoms. The van der Waals surface area contributed by atoms with Crippen molar-refractivity contribution < 1.29 is 28.9 Å². The molecule has 0 saturated carbocycles. The van der Waals surface area contributed by atoms with Crippen LogP contribution in [-0.2, 0) is 4.74 Å². The van der Waals surface area contributed by atoms with Crippen LogP contribution in [0, 0.1) is 5.82 Å². The molecular formula is C25H24FNO5. The number of amides is 1. The Morgan fingerprint density at radius 2 is 1.62 bits per heavy atom. The number of ether oxygens (including phenoxy) is 2. The number of hydrogen-bond donors (Lipinski definition) is 3. The van der Waals surface area contributed by atoms with Crippen molar-refractivity contribution in [3.63, 3.8) is 0 Å². The van der Waals surface area contributed by atoms with Gasteiger partial charge in [0.1, 0.15) is 30.4 Å². The number of carbonyl (C=O) groups excluding carboxylic acids is 1. The number of aliphatic hydroxyl groups excluding tert-OH is 2. The zero-order chi connectivity index (χ0) is 22.7. The first kappa shape index (κ1) is 21.8. The normalized spacial score (nSPS) is 14.2. The Morgan fingerprint density at radius 1 is 1.00 bits per heavy atom. The molecule has 2 atom stereocenters. The van der Waals surface area contributed by atoms with E-state index in [-0.39, 0.29) is 30.4 Å². The SMILES string of the molecule is COc1cccc(F)c1C(O)C(O)CNC(=O)OCC1c2ccccc2-c2ccccc21. The first-order chi connectivity index (χ1) is 15.5. The number of benzene rings is 3. The Labute approximate surface area is 185 Å². The lowest BCUT2D eigenvalue weighted by molar-refractivity contribution is 0.0151. The molecule has 0 aromatic heterocycles. The molecule has 0 heterocycles. The van der Waals surface area contributed by atoms with Crippen molar-refractivity contribution in [2.45, 2.75) is 18.1 Å². The smallest absolute Gasteiger partial charge is 0.407 e. The zero-order valence-corrected chi connectivity index (χ0v) is 17.5. The molecule has 0 fully saturated rings. The molecule has 6 nitrogen and oxygen atoms in total. The number of carbonyl (C=O) groups is 1. The van der Waals surface area contributed by atoms with E-state index >= 15 is 0 Å². The Hall–Kier alpha value is -3.42. The standard InChI is InChI=1S/C25H24FNO5/c1-31-22-12-6-11-20(26)23(22)24(29)21(28)13-27-25(30)32-14-19-17-9-4-2-7-15(17)16-8-3-5-10-18(16)19/h2-12,19,21,24,28-29H,13-14H2,1H3,(H,27,30). The third-order valence-corrected chi connectivity index (χ3v) is 5.69. The van der Waals surface area contributed by atoms with Gasteiger partial charge in [-0.1, -0.05) is 54.6 Å². The molecule has 3 aromatic carbocycles. The molecule has 3 N–H and O–H groups in total. The molecule has 0 saturated heterocycles. The molecule has 1 amide bonds. The molecule has 4 rings (SSSR count). The minimum atomic E-state index is -1.58. The number of methoxy groups -OCH3 is 1. The third kappa shape index (κ3) is 4.17. The van der Waals surface area contributed by atoms with Gasteiger partial charge in [0.2, 0.25) is 0 Å². The molecule has 166 valence electrons. The lowest BCUT2D eigenvalue weighted by Gasteiger charge is -2.21. The molecule has 3 aromatic rings. The van der Waals surface area contributed by atoms with Crippen molar-refractivity contribution in [1.82, 2.24) is 5.32 Å². The number of halogens is 1. The third-order valence-electron chi connectivity index (χ3n) is 5.69. The molecule has 0 aliphatic heterocycles. The highest BCUT2D eigenvalue weighted by Gasteiger charge is 2.29. The predicted molar refractivity (Wildman–Crippen MR) is 117 cm³/mol. The van der Waals surface area contributed by atoms with Gasteiger partial charge in [-0.05, 0) is 34.4 Å². The van der Waals surface area contributed by atoms with Crippen molar-refractivity contribution in [2.24, 2.45) is 0 Å². The molecule has 7 heteroatoms. The maximum absolute atomic E-state index is 14.1. The number of hydrogen-bond acceptors (Lipinski definition) is 5. The molecule has 1 aliphatic rings. The Kier molecular flexibility index (Phi) is 6.39. The lowest BCUT2D eigenvalue weighted by atomic mass is 9.98. The second kappa shape index (κ2) is 9.38. The maximum atomic E-state index is 14.1. The van der Waals surface area contributed by atoms with E-state index in [2.05, 4.69) is 5.32 Å². The van der Waals surface area contributed by atoms with Crippen LogP contribution in [0.15, 0.2) is 66.7 Å². The molecule has 2 unspecified atom stereocenters. The van der Waals surface area contributed by atoms with E-state index < -0.39 is 24.1 Å². The molecule has 32 heavy (non-hydrogen) atoms.